The summed E-state index contributed by atoms with van der Waals surface area (Å²) >= 11 is 3.37. The first-order chi connectivity index (χ1) is 2.00. The normalized spacial score (nSPS) is 12.0. The second-order valence-corrected chi connectivity index (χ2v) is 5.45. The number of thiol groups is 1. The monoisotopic (exact) mass is 110 g/mol. The van der Waals surface area contributed by atoms with Gasteiger partial charge in [0, 0.05) is 0 Å². The van der Waals surface area contributed by atoms with Crippen LogP contribution in [0.5, 0.6) is 0 Å². The third-order valence-corrected chi connectivity index (χ3v) is 0. The molecule has 0 unspecified atom stereocenters. The van der Waals surface area contributed by atoms with Crippen LogP contribution in [-0.4, -0.2) is 17.3 Å². The molecule has 0 aromatic heterocycles. The molecular formula is CH6O2SSi. The van der Waals surface area contributed by atoms with Crippen molar-refractivity contribution in [3.63, 3.8) is 0 Å². The molecule has 0 heterocycles. The first-order valence-corrected chi connectivity index (χ1v) is 4.85. The molecule has 2 nitrogen and oxygen atoms in total. The maximum Gasteiger partial charge on any atom is 0.394 e. The van der Waals surface area contributed by atoms with Crippen LogP contribution in [0, 0.1) is 0 Å². The van der Waals surface area contributed by atoms with Crippen LogP contribution < -0.4 is 0 Å². The summed E-state index contributed by atoms with van der Waals surface area (Å²) < 4.78 is 0. The van der Waals surface area contributed by atoms with E-state index in [1.807, 2.05) is 0 Å². The molecule has 32 valence electrons. The van der Waals surface area contributed by atoms with Crippen molar-refractivity contribution in [1.82, 2.24) is 0 Å². The second-order valence-electron chi connectivity index (χ2n) is 0.971. The average molecular weight is 110 g/mol. The van der Waals surface area contributed by atoms with Gasteiger partial charge >= 0.3 is 7.71 Å². The predicted octanol–water partition coefficient (Wildman–Crippen LogP) is -0.530. The highest BCUT2D eigenvalue weighted by Crippen LogP contribution is 1.91. The molecule has 0 fully saturated rings. The van der Waals surface area contributed by atoms with Crippen LogP contribution in [0.3, 0.4) is 0 Å². The molecule has 0 aromatic rings. The Bertz CT molecular complexity index is 25.1. The molecule has 0 aromatic carbocycles. The zero-order valence-electron chi connectivity index (χ0n) is 2.84. The molecule has 0 aliphatic carbocycles. The summed E-state index contributed by atoms with van der Waals surface area (Å²) in [4.78, 5) is 16.2. The molecule has 0 spiro atoms. The van der Waals surface area contributed by atoms with Crippen LogP contribution in [0.1, 0.15) is 0 Å². The molecule has 2 N–H and O–H groups in total. The molecule has 0 amide bonds. The second kappa shape index (κ2) is 1.30. The maximum absolute atomic E-state index is 8.08. The molecule has 0 saturated heterocycles. The van der Waals surface area contributed by atoms with Crippen molar-refractivity contribution in [3.05, 3.63) is 0 Å². The lowest BCUT2D eigenvalue weighted by Crippen LogP contribution is -2.19. The molecule has 5 heavy (non-hydrogen) atoms. The van der Waals surface area contributed by atoms with E-state index < -0.39 is 7.71 Å². The quantitative estimate of drug-likeness (QED) is 0.290. The number of rotatable bonds is 0. The minimum atomic E-state index is -2.92. The van der Waals surface area contributed by atoms with Gasteiger partial charge in [0.15, 0.2) is 0 Å². The largest absolute Gasteiger partial charge is 0.403 e. The summed E-state index contributed by atoms with van der Waals surface area (Å²) in [7, 11) is -2.92. The first kappa shape index (κ1) is 5.49. The van der Waals surface area contributed by atoms with E-state index in [0.29, 0.717) is 0 Å². The Morgan fingerprint density at radius 1 is 1.60 bits per heavy atom. The molecule has 4 heteroatoms. The van der Waals surface area contributed by atoms with E-state index in [-0.39, 0.29) is 0 Å². The van der Waals surface area contributed by atoms with Gasteiger partial charge in [-0.3, -0.25) is 0 Å². The van der Waals surface area contributed by atoms with E-state index in [0.717, 1.165) is 0 Å². The first-order valence-electron chi connectivity index (χ1n) is 1.17. The van der Waals surface area contributed by atoms with Crippen LogP contribution in [0.2, 0.25) is 6.55 Å². The predicted molar refractivity (Wildman–Crippen MR) is 25.0 cm³/mol. The topological polar surface area (TPSA) is 40.5 Å². The lowest BCUT2D eigenvalue weighted by atomic mass is 11.9. The van der Waals surface area contributed by atoms with Gasteiger partial charge in [0.2, 0.25) is 0 Å². The Balaban J connectivity index is 3.02. The van der Waals surface area contributed by atoms with Gasteiger partial charge in [-0.1, -0.05) is 0 Å². The van der Waals surface area contributed by atoms with Gasteiger partial charge < -0.3 is 9.59 Å². The van der Waals surface area contributed by atoms with Crippen molar-refractivity contribution in [2.45, 2.75) is 6.55 Å². The summed E-state index contributed by atoms with van der Waals surface area (Å²) in [5, 5.41) is 0. The van der Waals surface area contributed by atoms with E-state index in [1.165, 1.54) is 6.55 Å². The van der Waals surface area contributed by atoms with Crippen molar-refractivity contribution in [3.8, 4) is 0 Å². The van der Waals surface area contributed by atoms with Crippen LogP contribution in [0.15, 0.2) is 0 Å². The highest BCUT2D eigenvalue weighted by atomic mass is 32.3. The standard InChI is InChI=1S/CH6O2SSi/c1-5(2,3)4/h2-4H,1H3. The maximum atomic E-state index is 8.08. The Labute approximate surface area is 36.8 Å². The Morgan fingerprint density at radius 2 is 1.60 bits per heavy atom. The SMILES string of the molecule is C[Si](O)(O)S. The zero-order valence-corrected chi connectivity index (χ0v) is 4.74. The van der Waals surface area contributed by atoms with E-state index >= 15 is 0 Å². The van der Waals surface area contributed by atoms with Gasteiger partial charge in [-0.25, -0.2) is 0 Å². The third kappa shape index (κ3) is 117. The minimum Gasteiger partial charge on any atom is -0.403 e. The van der Waals surface area contributed by atoms with Gasteiger partial charge in [-0.15, -0.1) is 12.1 Å². The molecule has 0 rings (SSSR count). The molecular weight excluding hydrogens is 104 g/mol. The third-order valence-electron chi connectivity index (χ3n) is 0. The van der Waals surface area contributed by atoms with E-state index in [2.05, 4.69) is 12.1 Å². The average Bonchev–Trinajstić information content (AvgIpc) is 0.722. The van der Waals surface area contributed by atoms with Gasteiger partial charge in [0.05, 0.1) is 0 Å². The van der Waals surface area contributed by atoms with Crippen molar-refractivity contribution in [2.75, 3.05) is 0 Å². The smallest absolute Gasteiger partial charge is 0.394 e. The van der Waals surface area contributed by atoms with Crippen molar-refractivity contribution >= 4 is 19.8 Å². The molecule has 0 radical (unpaired) electrons. The summed E-state index contributed by atoms with van der Waals surface area (Å²) in [5.74, 6) is 0. The summed E-state index contributed by atoms with van der Waals surface area (Å²) in [5.41, 5.74) is 0. The van der Waals surface area contributed by atoms with Gasteiger partial charge in [-0.05, 0) is 6.55 Å². The van der Waals surface area contributed by atoms with Crippen LogP contribution in [-0.2, 0) is 0 Å². The number of hydrogen-bond donors (Lipinski definition) is 3. The number of hydrogen-bond acceptors (Lipinski definition) is 3. The van der Waals surface area contributed by atoms with Crippen molar-refractivity contribution in [1.29, 1.82) is 0 Å². The van der Waals surface area contributed by atoms with Gasteiger partial charge in [0.25, 0.3) is 0 Å². The summed E-state index contributed by atoms with van der Waals surface area (Å²) in [6.07, 6.45) is 0. The Kier molecular flexibility index (Phi) is 1.42. The van der Waals surface area contributed by atoms with Crippen molar-refractivity contribution in [2.24, 2.45) is 0 Å². The molecule has 0 aliphatic heterocycles. The molecule has 0 atom stereocenters. The highest BCUT2D eigenvalue weighted by Gasteiger charge is 2.11. The lowest BCUT2D eigenvalue weighted by molar-refractivity contribution is 0.406. The van der Waals surface area contributed by atoms with Crippen LogP contribution in [0.25, 0.3) is 0 Å². The van der Waals surface area contributed by atoms with Crippen molar-refractivity contribution < 1.29 is 9.59 Å². The highest BCUT2D eigenvalue weighted by molar-refractivity contribution is 8.12. The fourth-order valence-electron chi connectivity index (χ4n) is 0. The summed E-state index contributed by atoms with van der Waals surface area (Å²) in [6, 6.07) is 0. The van der Waals surface area contributed by atoms with E-state index in [9.17, 15) is 0 Å². The minimum absolute atomic E-state index is 1.30. The summed E-state index contributed by atoms with van der Waals surface area (Å²) in [6.45, 7) is 1.30. The Hall–Kier alpha value is 0.487. The molecule has 0 aliphatic rings. The van der Waals surface area contributed by atoms with Gasteiger partial charge in [-0.2, -0.15) is 0 Å². The lowest BCUT2D eigenvalue weighted by Gasteiger charge is -1.96. The van der Waals surface area contributed by atoms with Crippen LogP contribution >= 0.6 is 12.1 Å². The van der Waals surface area contributed by atoms with Crippen LogP contribution in [0.4, 0.5) is 0 Å². The fraction of sp³-hybridized carbons (Fsp3) is 1.00. The molecule has 0 saturated carbocycles. The van der Waals surface area contributed by atoms with E-state index in [1.54, 1.807) is 0 Å². The zero-order chi connectivity index (χ0) is 4.50. The van der Waals surface area contributed by atoms with Gasteiger partial charge in [0.1, 0.15) is 0 Å². The van der Waals surface area contributed by atoms with E-state index in [4.69, 9.17) is 9.59 Å². The Morgan fingerprint density at radius 3 is 1.60 bits per heavy atom. The molecule has 0 bridgehead atoms. The fourth-order valence-corrected chi connectivity index (χ4v) is 0.